The zero-order valence-electron chi connectivity index (χ0n) is 19.1. The molecule has 0 radical (unpaired) electrons. The van der Waals surface area contributed by atoms with Crippen molar-refractivity contribution in [1.29, 1.82) is 0 Å². The van der Waals surface area contributed by atoms with Crippen molar-refractivity contribution >= 4 is 28.9 Å². The Bertz CT molecular complexity index is 1020. The van der Waals surface area contributed by atoms with Gasteiger partial charge < -0.3 is 9.47 Å². The normalized spacial score (nSPS) is 24.9. The lowest BCUT2D eigenvalue weighted by Crippen LogP contribution is -2.68. The Morgan fingerprint density at radius 1 is 1.03 bits per heavy atom. The van der Waals surface area contributed by atoms with Crippen molar-refractivity contribution < 1.29 is 23.5 Å². The molecule has 168 valence electrons. The zero-order valence-corrected chi connectivity index (χ0v) is 19.1. The molecule has 5 rings (SSSR count). The van der Waals surface area contributed by atoms with E-state index in [0.717, 1.165) is 5.39 Å². The molecule has 1 aromatic carbocycles. The molecule has 1 heterocycles. The van der Waals surface area contributed by atoms with Crippen LogP contribution in [0.2, 0.25) is 0 Å². The summed E-state index contributed by atoms with van der Waals surface area (Å²) in [6.07, 6.45) is 0.179. The number of halogens is 1. The minimum Gasteiger partial charge on any atom is -0.443 e. The van der Waals surface area contributed by atoms with Crippen LogP contribution in [0.25, 0.3) is 10.9 Å². The zero-order chi connectivity index (χ0) is 22.8. The lowest BCUT2D eigenvalue weighted by Gasteiger charge is -2.66. The number of carbonyl (C=O) groups excluding carboxylic acids is 2. The van der Waals surface area contributed by atoms with Crippen LogP contribution < -0.4 is 4.90 Å². The fourth-order valence-corrected chi connectivity index (χ4v) is 4.76. The number of rotatable bonds is 3. The Labute approximate surface area is 182 Å². The van der Waals surface area contributed by atoms with Gasteiger partial charge in [-0.15, -0.1) is 0 Å². The van der Waals surface area contributed by atoms with E-state index in [4.69, 9.17) is 9.47 Å². The van der Waals surface area contributed by atoms with E-state index in [9.17, 15) is 14.0 Å². The van der Waals surface area contributed by atoms with Crippen molar-refractivity contribution in [2.24, 2.45) is 5.41 Å². The number of fused-ring (bicyclic) bond motifs is 1. The van der Waals surface area contributed by atoms with Gasteiger partial charge in [0.1, 0.15) is 22.7 Å². The van der Waals surface area contributed by atoms with Crippen molar-refractivity contribution in [3.63, 3.8) is 0 Å². The smallest absolute Gasteiger partial charge is 0.420 e. The van der Waals surface area contributed by atoms with Crippen LogP contribution in [0, 0.1) is 5.41 Å². The van der Waals surface area contributed by atoms with Gasteiger partial charge in [0.05, 0.1) is 5.52 Å². The highest BCUT2D eigenvalue weighted by Crippen LogP contribution is 2.69. The Morgan fingerprint density at radius 2 is 1.61 bits per heavy atom. The molecule has 0 saturated heterocycles. The fourth-order valence-electron chi connectivity index (χ4n) is 4.76. The highest BCUT2D eigenvalue weighted by molar-refractivity contribution is 5.99. The molecule has 0 spiro atoms. The maximum absolute atomic E-state index is 14.2. The molecule has 0 atom stereocenters. The number of anilines is 1. The van der Waals surface area contributed by atoms with E-state index in [0.29, 0.717) is 37.1 Å². The highest BCUT2D eigenvalue weighted by atomic mass is 19.1. The van der Waals surface area contributed by atoms with Crippen LogP contribution >= 0.6 is 0 Å². The van der Waals surface area contributed by atoms with E-state index in [-0.39, 0.29) is 5.41 Å². The van der Waals surface area contributed by atoms with Crippen LogP contribution in [0.3, 0.4) is 0 Å². The molecule has 1 amide bonds. The van der Waals surface area contributed by atoms with E-state index in [2.05, 4.69) is 0 Å². The molecule has 2 bridgehead atoms. The Kier molecular flexibility index (Phi) is 4.69. The van der Waals surface area contributed by atoms with E-state index in [1.807, 2.05) is 24.3 Å². The minimum absolute atomic E-state index is 0.263. The van der Waals surface area contributed by atoms with Gasteiger partial charge in [-0.25, -0.2) is 18.5 Å². The number of benzene rings is 1. The molecule has 1 aromatic heterocycles. The van der Waals surface area contributed by atoms with Crippen LogP contribution in [0.5, 0.6) is 0 Å². The van der Waals surface area contributed by atoms with Crippen LogP contribution in [0.4, 0.5) is 19.8 Å². The van der Waals surface area contributed by atoms with Crippen molar-refractivity contribution in [3.05, 3.63) is 30.3 Å². The maximum atomic E-state index is 14.2. The second-order valence-electron chi connectivity index (χ2n) is 11.1. The number of aromatic nitrogens is 1. The summed E-state index contributed by atoms with van der Waals surface area (Å²) in [7, 11) is 0. The van der Waals surface area contributed by atoms with Gasteiger partial charge in [-0.3, -0.25) is 4.90 Å². The van der Waals surface area contributed by atoms with Gasteiger partial charge in [-0.1, -0.05) is 18.2 Å². The third-order valence-corrected chi connectivity index (χ3v) is 5.73. The number of alkyl halides is 1. The number of nitrogens with zero attached hydrogens (tertiary/aromatic N) is 2. The molecule has 0 N–H and O–H groups in total. The Morgan fingerprint density at radius 3 is 2.16 bits per heavy atom. The van der Waals surface area contributed by atoms with Gasteiger partial charge in [0.15, 0.2) is 0 Å². The van der Waals surface area contributed by atoms with E-state index in [1.54, 1.807) is 47.6 Å². The van der Waals surface area contributed by atoms with Crippen LogP contribution in [0.1, 0.15) is 60.8 Å². The van der Waals surface area contributed by atoms with Crippen LogP contribution in [-0.2, 0) is 9.47 Å². The predicted octanol–water partition coefficient (Wildman–Crippen LogP) is 6.06. The summed E-state index contributed by atoms with van der Waals surface area (Å²) >= 11 is 0. The van der Waals surface area contributed by atoms with E-state index >= 15 is 0 Å². The molecule has 3 fully saturated rings. The molecule has 3 saturated carbocycles. The third kappa shape index (κ3) is 4.14. The number of ether oxygens (including phenoxy) is 2. The first-order valence-electron chi connectivity index (χ1n) is 10.7. The summed E-state index contributed by atoms with van der Waals surface area (Å²) in [5.74, 6) is 0.377. The molecule has 7 heteroatoms. The molecule has 3 aliphatic carbocycles. The van der Waals surface area contributed by atoms with E-state index in [1.165, 1.54) is 9.47 Å². The van der Waals surface area contributed by atoms with Gasteiger partial charge >= 0.3 is 12.2 Å². The molecule has 0 aliphatic heterocycles. The van der Waals surface area contributed by atoms with Crippen molar-refractivity contribution in [2.45, 2.75) is 77.7 Å². The molecule has 31 heavy (non-hydrogen) atoms. The van der Waals surface area contributed by atoms with Crippen molar-refractivity contribution in [2.75, 3.05) is 11.4 Å². The lowest BCUT2D eigenvalue weighted by atomic mass is 9.42. The second-order valence-corrected chi connectivity index (χ2v) is 11.1. The number of hydrogen-bond donors (Lipinski definition) is 0. The molecule has 3 aliphatic rings. The standard InChI is InChI=1S/C24H31FN2O4/c1-21(2,3)30-19(28)26(15-23-12-24(25,13-23)14-23)18-11-16-9-7-8-10-17(16)27(18)20(29)31-22(4,5)6/h7-11H,12-15H2,1-6H3. The Hall–Kier alpha value is -2.57. The van der Waals surface area contributed by atoms with E-state index < -0.39 is 29.1 Å². The van der Waals surface area contributed by atoms with Crippen LogP contribution in [-0.4, -0.2) is 40.2 Å². The summed E-state index contributed by atoms with van der Waals surface area (Å²) in [5, 5.41) is 0.802. The first-order valence-corrected chi connectivity index (χ1v) is 10.7. The quantitative estimate of drug-likeness (QED) is 0.594. The highest BCUT2D eigenvalue weighted by Gasteiger charge is 2.69. The predicted molar refractivity (Wildman–Crippen MR) is 117 cm³/mol. The monoisotopic (exact) mass is 430 g/mol. The molecule has 6 nitrogen and oxygen atoms in total. The first kappa shape index (κ1) is 21.7. The topological polar surface area (TPSA) is 60.8 Å². The third-order valence-electron chi connectivity index (χ3n) is 5.73. The number of amides is 1. The van der Waals surface area contributed by atoms with Gasteiger partial charge in [-0.2, -0.15) is 0 Å². The van der Waals surface area contributed by atoms with Crippen molar-refractivity contribution in [3.8, 4) is 0 Å². The molecule has 0 unspecified atom stereocenters. The minimum atomic E-state index is -1.09. The lowest BCUT2D eigenvalue weighted by molar-refractivity contribution is -0.206. The number of para-hydroxylation sites is 1. The van der Waals surface area contributed by atoms with Gasteiger partial charge in [0, 0.05) is 11.9 Å². The Balaban J connectivity index is 1.78. The molecular weight excluding hydrogens is 399 g/mol. The average molecular weight is 431 g/mol. The largest absolute Gasteiger partial charge is 0.443 e. The summed E-state index contributed by atoms with van der Waals surface area (Å²) in [6, 6.07) is 9.19. The van der Waals surface area contributed by atoms with Crippen molar-refractivity contribution in [1.82, 2.24) is 4.57 Å². The maximum Gasteiger partial charge on any atom is 0.420 e. The fraction of sp³-hybridized carbons (Fsp3) is 0.583. The van der Waals surface area contributed by atoms with Gasteiger partial charge in [0.25, 0.3) is 0 Å². The number of carbonyl (C=O) groups is 2. The summed E-state index contributed by atoms with van der Waals surface area (Å²) in [4.78, 5) is 27.9. The summed E-state index contributed by atoms with van der Waals surface area (Å²) < 4.78 is 26.9. The average Bonchev–Trinajstić information content (AvgIpc) is 2.92. The summed E-state index contributed by atoms with van der Waals surface area (Å²) in [5.41, 5.74) is -2.12. The molecular formula is C24H31FN2O4. The number of hydrogen-bond acceptors (Lipinski definition) is 4. The first-order chi connectivity index (χ1) is 14.2. The van der Waals surface area contributed by atoms with Gasteiger partial charge in [0.2, 0.25) is 0 Å². The van der Waals surface area contributed by atoms with Gasteiger partial charge in [-0.05, 0) is 78.4 Å². The van der Waals surface area contributed by atoms with Crippen LogP contribution in [0.15, 0.2) is 30.3 Å². The SMILES string of the molecule is CC(C)(C)OC(=O)N(CC12CC(F)(C1)C2)c1cc2ccccc2n1C(=O)OC(C)(C)C. The second kappa shape index (κ2) is 6.71. The summed E-state index contributed by atoms with van der Waals surface area (Å²) in [6.45, 7) is 11.1. The molecule has 2 aromatic rings.